The summed E-state index contributed by atoms with van der Waals surface area (Å²) in [7, 11) is 0. The van der Waals surface area contributed by atoms with E-state index < -0.39 is 23.6 Å². The number of carbonyl (C=O) groups is 1. The van der Waals surface area contributed by atoms with Gasteiger partial charge in [-0.3, -0.25) is 4.90 Å². The summed E-state index contributed by atoms with van der Waals surface area (Å²) in [5.41, 5.74) is 0.0713. The Labute approximate surface area is 172 Å². The summed E-state index contributed by atoms with van der Waals surface area (Å²) in [4.78, 5) is 15.9. The summed E-state index contributed by atoms with van der Waals surface area (Å²) in [6, 6.07) is 4.61. The van der Waals surface area contributed by atoms with Crippen LogP contribution in [0.3, 0.4) is 0 Å². The van der Waals surface area contributed by atoms with E-state index in [4.69, 9.17) is 14.2 Å². The van der Waals surface area contributed by atoms with E-state index in [1.165, 1.54) is 11.0 Å². The highest BCUT2D eigenvalue weighted by atomic mass is 19.1. The maximum atomic E-state index is 14.8. The van der Waals surface area contributed by atoms with Gasteiger partial charge in [0.15, 0.2) is 0 Å². The maximum Gasteiger partial charge on any atom is 0.414 e. The molecule has 0 saturated carbocycles. The maximum absolute atomic E-state index is 14.8. The van der Waals surface area contributed by atoms with Crippen molar-refractivity contribution in [3.8, 4) is 0 Å². The van der Waals surface area contributed by atoms with E-state index in [0.717, 1.165) is 6.42 Å². The van der Waals surface area contributed by atoms with Crippen LogP contribution in [-0.2, 0) is 14.2 Å². The number of anilines is 2. The van der Waals surface area contributed by atoms with Crippen LogP contribution in [0.5, 0.6) is 0 Å². The van der Waals surface area contributed by atoms with Crippen LogP contribution in [0.2, 0.25) is 0 Å². The van der Waals surface area contributed by atoms with E-state index in [0.29, 0.717) is 44.3 Å². The molecule has 1 aromatic carbocycles. The number of halogens is 1. The quantitative estimate of drug-likeness (QED) is 0.661. The number of carbonyl (C=O) groups excluding carboxylic acids is 1. The second-order valence-corrected chi connectivity index (χ2v) is 8.05. The number of amides is 1. The third-order valence-electron chi connectivity index (χ3n) is 4.26. The van der Waals surface area contributed by atoms with Crippen molar-refractivity contribution in [1.82, 2.24) is 0 Å². The van der Waals surface area contributed by atoms with Crippen LogP contribution in [0, 0.1) is 5.82 Å². The SMILES string of the molecule is CCCOCC(O)CN(C(=O)OC(C)(C)C)c1ccc(N2CCOCC2)c(F)c1. The first kappa shape index (κ1) is 23.4. The van der Waals surface area contributed by atoms with E-state index in [-0.39, 0.29) is 13.2 Å². The molecule has 7 nitrogen and oxygen atoms in total. The molecule has 1 aromatic rings. The summed E-state index contributed by atoms with van der Waals surface area (Å²) < 4.78 is 31.0. The van der Waals surface area contributed by atoms with Crippen molar-refractivity contribution >= 4 is 17.5 Å². The number of aliphatic hydroxyl groups excluding tert-OH is 1. The second-order valence-electron chi connectivity index (χ2n) is 8.05. The Hall–Kier alpha value is -1.90. The van der Waals surface area contributed by atoms with Crippen LogP contribution in [0.25, 0.3) is 0 Å². The third-order valence-corrected chi connectivity index (χ3v) is 4.26. The van der Waals surface area contributed by atoms with Gasteiger partial charge in [0, 0.05) is 19.7 Å². The number of aliphatic hydroxyl groups is 1. The molecule has 1 N–H and O–H groups in total. The molecule has 1 heterocycles. The van der Waals surface area contributed by atoms with Crippen molar-refractivity contribution in [2.75, 3.05) is 55.9 Å². The fourth-order valence-electron chi connectivity index (χ4n) is 2.95. The van der Waals surface area contributed by atoms with Crippen molar-refractivity contribution < 1.29 is 28.5 Å². The largest absolute Gasteiger partial charge is 0.443 e. The Balaban J connectivity index is 2.19. The van der Waals surface area contributed by atoms with Crippen LogP contribution in [0.15, 0.2) is 18.2 Å². The first-order valence-corrected chi connectivity index (χ1v) is 10.1. The summed E-state index contributed by atoms with van der Waals surface area (Å²) in [5, 5.41) is 10.3. The number of hydrogen-bond donors (Lipinski definition) is 1. The molecule has 164 valence electrons. The molecule has 0 radical (unpaired) electrons. The molecular formula is C21H33FN2O5. The van der Waals surface area contributed by atoms with E-state index in [1.54, 1.807) is 32.9 Å². The molecule has 0 aromatic heterocycles. The Kier molecular flexibility index (Phi) is 8.67. The Morgan fingerprint density at radius 1 is 1.34 bits per heavy atom. The first-order valence-electron chi connectivity index (χ1n) is 10.1. The van der Waals surface area contributed by atoms with E-state index in [9.17, 15) is 14.3 Å². The molecule has 1 unspecified atom stereocenters. The van der Waals surface area contributed by atoms with Gasteiger partial charge >= 0.3 is 6.09 Å². The minimum Gasteiger partial charge on any atom is -0.443 e. The monoisotopic (exact) mass is 412 g/mol. The lowest BCUT2D eigenvalue weighted by Crippen LogP contribution is -2.42. The normalized spacial score (nSPS) is 15.9. The van der Waals surface area contributed by atoms with Gasteiger partial charge in [0.2, 0.25) is 0 Å². The minimum absolute atomic E-state index is 0.0605. The number of rotatable bonds is 8. The Bertz CT molecular complexity index is 659. The van der Waals surface area contributed by atoms with Gasteiger partial charge in [-0.15, -0.1) is 0 Å². The number of benzene rings is 1. The molecule has 8 heteroatoms. The molecule has 0 bridgehead atoms. The average molecular weight is 413 g/mol. The van der Waals surface area contributed by atoms with Crippen LogP contribution < -0.4 is 9.80 Å². The summed E-state index contributed by atoms with van der Waals surface area (Å²) in [5.74, 6) is -0.435. The molecule has 2 rings (SSSR count). The molecule has 1 fully saturated rings. The second kappa shape index (κ2) is 10.8. The zero-order chi connectivity index (χ0) is 21.4. The lowest BCUT2D eigenvalue weighted by Gasteiger charge is -2.31. The average Bonchev–Trinajstić information content (AvgIpc) is 2.65. The highest BCUT2D eigenvalue weighted by molar-refractivity contribution is 5.88. The zero-order valence-electron chi connectivity index (χ0n) is 17.8. The van der Waals surface area contributed by atoms with Gasteiger partial charge in [0.25, 0.3) is 0 Å². The van der Waals surface area contributed by atoms with Gasteiger partial charge in [-0.2, -0.15) is 0 Å². The van der Waals surface area contributed by atoms with Crippen LogP contribution in [0.1, 0.15) is 34.1 Å². The molecular weight excluding hydrogens is 379 g/mol. The van der Waals surface area contributed by atoms with Crippen LogP contribution in [-0.4, -0.2) is 69.0 Å². The number of nitrogens with zero attached hydrogens (tertiary/aromatic N) is 2. The van der Waals surface area contributed by atoms with Crippen LogP contribution in [0.4, 0.5) is 20.6 Å². The highest BCUT2D eigenvalue weighted by Crippen LogP contribution is 2.27. The number of morpholine rings is 1. The third kappa shape index (κ3) is 7.45. The van der Waals surface area contributed by atoms with Crippen molar-refractivity contribution in [2.45, 2.75) is 45.8 Å². The van der Waals surface area contributed by atoms with Gasteiger partial charge in [-0.1, -0.05) is 6.92 Å². The van der Waals surface area contributed by atoms with Crippen LogP contribution >= 0.6 is 0 Å². The molecule has 1 aliphatic heterocycles. The highest BCUT2D eigenvalue weighted by Gasteiger charge is 2.27. The predicted octanol–water partition coefficient (Wildman–Crippen LogP) is 3.19. The zero-order valence-corrected chi connectivity index (χ0v) is 17.8. The molecule has 0 aliphatic carbocycles. The molecule has 1 atom stereocenters. The fraction of sp³-hybridized carbons (Fsp3) is 0.667. The lowest BCUT2D eigenvalue weighted by molar-refractivity contribution is 0.0338. The van der Waals surface area contributed by atoms with Gasteiger partial charge < -0.3 is 24.2 Å². The van der Waals surface area contributed by atoms with Crippen molar-refractivity contribution in [3.63, 3.8) is 0 Å². The van der Waals surface area contributed by atoms with Gasteiger partial charge in [0.1, 0.15) is 11.4 Å². The molecule has 1 saturated heterocycles. The van der Waals surface area contributed by atoms with Crippen molar-refractivity contribution in [2.24, 2.45) is 0 Å². The molecule has 1 amide bonds. The molecule has 1 aliphatic rings. The van der Waals surface area contributed by atoms with E-state index in [2.05, 4.69) is 0 Å². The summed E-state index contributed by atoms with van der Waals surface area (Å²) in [6.07, 6.45) is -0.738. The number of ether oxygens (including phenoxy) is 3. The standard InChI is InChI=1S/C21H33FN2O5/c1-5-10-28-15-17(25)14-24(20(26)29-21(2,3)4)16-6-7-19(18(22)13-16)23-8-11-27-12-9-23/h6-7,13,17,25H,5,8-12,14-15H2,1-4H3. The Morgan fingerprint density at radius 3 is 2.62 bits per heavy atom. The van der Waals surface area contributed by atoms with Crippen molar-refractivity contribution in [3.05, 3.63) is 24.0 Å². The van der Waals surface area contributed by atoms with Gasteiger partial charge in [-0.25, -0.2) is 9.18 Å². The van der Waals surface area contributed by atoms with E-state index in [1.807, 2.05) is 11.8 Å². The number of hydrogen-bond acceptors (Lipinski definition) is 6. The smallest absolute Gasteiger partial charge is 0.414 e. The molecule has 0 spiro atoms. The summed E-state index contributed by atoms with van der Waals surface area (Å²) >= 11 is 0. The topological polar surface area (TPSA) is 71.5 Å². The summed E-state index contributed by atoms with van der Waals surface area (Å²) in [6.45, 7) is 10.1. The minimum atomic E-state index is -0.920. The van der Waals surface area contributed by atoms with Gasteiger partial charge in [0.05, 0.1) is 43.8 Å². The lowest BCUT2D eigenvalue weighted by atomic mass is 10.2. The Morgan fingerprint density at radius 2 is 2.03 bits per heavy atom. The van der Waals surface area contributed by atoms with Gasteiger partial charge in [-0.05, 0) is 45.4 Å². The fourth-order valence-corrected chi connectivity index (χ4v) is 2.95. The van der Waals surface area contributed by atoms with E-state index >= 15 is 0 Å². The first-order chi connectivity index (χ1) is 13.7. The van der Waals surface area contributed by atoms with Crippen molar-refractivity contribution in [1.29, 1.82) is 0 Å². The predicted molar refractivity (Wildman–Crippen MR) is 110 cm³/mol. The molecule has 29 heavy (non-hydrogen) atoms.